The molecule has 2 aromatic rings. The van der Waals surface area contributed by atoms with Gasteiger partial charge in [0.15, 0.2) is 0 Å². The van der Waals surface area contributed by atoms with Gasteiger partial charge in [-0.05, 0) is 38.8 Å². The molecule has 2 aromatic carbocycles. The molecule has 0 saturated carbocycles. The van der Waals surface area contributed by atoms with Gasteiger partial charge in [-0.25, -0.2) is 0 Å². The van der Waals surface area contributed by atoms with Crippen molar-refractivity contribution in [2.24, 2.45) is 0 Å². The summed E-state index contributed by atoms with van der Waals surface area (Å²) in [6, 6.07) is 15.4. The van der Waals surface area contributed by atoms with Gasteiger partial charge in [-0.1, -0.05) is 59.7 Å². The lowest BCUT2D eigenvalue weighted by Gasteiger charge is -2.29. The fourth-order valence-electron chi connectivity index (χ4n) is 3.13. The van der Waals surface area contributed by atoms with Gasteiger partial charge in [-0.2, -0.15) is 0 Å². The van der Waals surface area contributed by atoms with Crippen LogP contribution in [0.4, 0.5) is 0 Å². The molecule has 4 heteroatoms. The molecule has 0 saturated heterocycles. The maximum Gasteiger partial charge on any atom is 0.242 e. The van der Waals surface area contributed by atoms with Crippen LogP contribution in [-0.4, -0.2) is 29.3 Å². The van der Waals surface area contributed by atoms with Gasteiger partial charge in [0.05, 0.1) is 6.42 Å². The van der Waals surface area contributed by atoms with Crippen LogP contribution >= 0.6 is 0 Å². The molecule has 0 radical (unpaired) electrons. The lowest BCUT2D eigenvalue weighted by molar-refractivity contribution is -0.140. The van der Waals surface area contributed by atoms with E-state index in [-0.39, 0.29) is 11.8 Å². The largest absolute Gasteiger partial charge is 0.355 e. The Morgan fingerprint density at radius 3 is 2.19 bits per heavy atom. The average Bonchev–Trinajstić information content (AvgIpc) is 2.59. The zero-order valence-electron chi connectivity index (χ0n) is 16.1. The van der Waals surface area contributed by atoms with E-state index < -0.39 is 6.04 Å². The third-order valence-corrected chi connectivity index (χ3v) is 4.35. The summed E-state index contributed by atoms with van der Waals surface area (Å²) in [6.45, 7) is 8.69. The monoisotopic (exact) mass is 352 g/mol. The number of amides is 2. The van der Waals surface area contributed by atoms with Crippen LogP contribution in [0.25, 0.3) is 0 Å². The second kappa shape index (κ2) is 9.18. The predicted molar refractivity (Wildman–Crippen MR) is 105 cm³/mol. The highest BCUT2D eigenvalue weighted by Gasteiger charge is 2.25. The van der Waals surface area contributed by atoms with E-state index in [0.29, 0.717) is 19.5 Å². The molecule has 0 heterocycles. The van der Waals surface area contributed by atoms with E-state index in [2.05, 4.69) is 11.4 Å². The van der Waals surface area contributed by atoms with E-state index in [1.165, 1.54) is 0 Å². The Hall–Kier alpha value is -2.62. The van der Waals surface area contributed by atoms with Crippen molar-refractivity contribution >= 4 is 11.8 Å². The lowest BCUT2D eigenvalue weighted by Crippen LogP contribution is -2.48. The Bertz CT molecular complexity index is 736. The van der Waals surface area contributed by atoms with Crippen LogP contribution in [0.3, 0.4) is 0 Å². The van der Waals surface area contributed by atoms with E-state index in [1.807, 2.05) is 63.2 Å². The molecular weight excluding hydrogens is 324 g/mol. The number of carbonyl (C=O) groups is 2. The Balaban J connectivity index is 2.23. The fraction of sp³-hybridized carbons (Fsp3) is 0.364. The predicted octanol–water partition coefficient (Wildman–Crippen LogP) is 3.40. The summed E-state index contributed by atoms with van der Waals surface area (Å²) in [7, 11) is 0. The highest BCUT2D eigenvalue weighted by Crippen LogP contribution is 2.14. The molecule has 0 bridgehead atoms. The topological polar surface area (TPSA) is 49.4 Å². The van der Waals surface area contributed by atoms with Gasteiger partial charge in [0.25, 0.3) is 0 Å². The van der Waals surface area contributed by atoms with E-state index in [0.717, 1.165) is 22.3 Å². The molecule has 1 atom stereocenters. The average molecular weight is 352 g/mol. The number of likely N-dealkylation sites (N-methyl/N-ethyl adjacent to an activating group) is 1. The number of carbonyl (C=O) groups excluding carboxylic acids is 2. The van der Waals surface area contributed by atoms with Crippen molar-refractivity contribution in [3.05, 3.63) is 70.8 Å². The van der Waals surface area contributed by atoms with Gasteiger partial charge in [-0.3, -0.25) is 9.59 Å². The van der Waals surface area contributed by atoms with Gasteiger partial charge >= 0.3 is 0 Å². The lowest BCUT2D eigenvalue weighted by atomic mass is 10.0. The van der Waals surface area contributed by atoms with Gasteiger partial charge in [0, 0.05) is 13.1 Å². The van der Waals surface area contributed by atoms with Crippen molar-refractivity contribution in [2.75, 3.05) is 6.54 Å². The normalized spacial score (nSPS) is 11.7. The summed E-state index contributed by atoms with van der Waals surface area (Å²) in [4.78, 5) is 27.0. The van der Waals surface area contributed by atoms with Crippen LogP contribution in [-0.2, 0) is 22.6 Å². The number of nitrogens with zero attached hydrogens (tertiary/aromatic N) is 1. The summed E-state index contributed by atoms with van der Waals surface area (Å²) in [5.41, 5.74) is 4.27. The summed E-state index contributed by atoms with van der Waals surface area (Å²) in [5.74, 6) is -0.171. The molecule has 26 heavy (non-hydrogen) atoms. The minimum Gasteiger partial charge on any atom is -0.355 e. The SMILES string of the molecule is CCNC(=O)[C@H](C)N(Cc1ccccc1)C(=O)Cc1cc(C)cc(C)c1. The first-order valence-corrected chi connectivity index (χ1v) is 9.09. The maximum atomic E-state index is 13.0. The molecule has 0 unspecified atom stereocenters. The summed E-state index contributed by atoms with van der Waals surface area (Å²) in [6.07, 6.45) is 0.291. The number of hydrogen-bond donors (Lipinski definition) is 1. The molecule has 0 aliphatic rings. The second-order valence-corrected chi connectivity index (χ2v) is 6.75. The number of benzene rings is 2. The Labute approximate surface area is 156 Å². The molecular formula is C22H28N2O2. The van der Waals surface area contributed by atoms with Gasteiger partial charge in [-0.15, -0.1) is 0 Å². The first kappa shape index (κ1) is 19.7. The van der Waals surface area contributed by atoms with Crippen LogP contribution in [0.5, 0.6) is 0 Å². The van der Waals surface area contributed by atoms with Gasteiger partial charge in [0.1, 0.15) is 6.04 Å². The third-order valence-electron chi connectivity index (χ3n) is 4.35. The number of hydrogen-bond acceptors (Lipinski definition) is 2. The molecule has 0 aliphatic carbocycles. The minimum absolute atomic E-state index is 0.0439. The molecule has 0 aliphatic heterocycles. The quantitative estimate of drug-likeness (QED) is 0.830. The minimum atomic E-state index is -0.520. The number of aryl methyl sites for hydroxylation is 2. The van der Waals surface area contributed by atoms with Crippen molar-refractivity contribution in [2.45, 2.75) is 46.7 Å². The van der Waals surface area contributed by atoms with E-state index in [1.54, 1.807) is 11.8 Å². The van der Waals surface area contributed by atoms with Crippen LogP contribution in [0.2, 0.25) is 0 Å². The molecule has 2 amide bonds. The van der Waals surface area contributed by atoms with Crippen molar-refractivity contribution < 1.29 is 9.59 Å². The van der Waals surface area contributed by atoms with Crippen LogP contribution in [0.15, 0.2) is 48.5 Å². The van der Waals surface area contributed by atoms with Crippen LogP contribution in [0, 0.1) is 13.8 Å². The highest BCUT2D eigenvalue weighted by atomic mass is 16.2. The molecule has 138 valence electrons. The standard InChI is InChI=1S/C22H28N2O2/c1-5-23-22(26)18(4)24(15-19-9-7-6-8-10-19)21(25)14-20-12-16(2)11-17(3)13-20/h6-13,18H,5,14-15H2,1-4H3,(H,23,26)/t18-/m0/s1. The summed E-state index contributed by atoms with van der Waals surface area (Å²) in [5, 5.41) is 2.82. The number of nitrogens with one attached hydrogen (secondary N) is 1. The first-order chi connectivity index (χ1) is 12.4. The molecule has 2 rings (SSSR count). The second-order valence-electron chi connectivity index (χ2n) is 6.75. The van der Waals surface area contributed by atoms with Crippen molar-refractivity contribution in [1.82, 2.24) is 10.2 Å². The number of rotatable bonds is 7. The van der Waals surface area contributed by atoms with Crippen molar-refractivity contribution in [3.63, 3.8) is 0 Å². The molecule has 0 spiro atoms. The summed E-state index contributed by atoms with van der Waals surface area (Å²) < 4.78 is 0. The molecule has 1 N–H and O–H groups in total. The first-order valence-electron chi connectivity index (χ1n) is 9.09. The maximum absolute atomic E-state index is 13.0. The Morgan fingerprint density at radius 2 is 1.62 bits per heavy atom. The van der Waals surface area contributed by atoms with Gasteiger partial charge < -0.3 is 10.2 Å². The Morgan fingerprint density at radius 1 is 1.00 bits per heavy atom. The van der Waals surface area contributed by atoms with E-state index in [9.17, 15) is 9.59 Å². The Kier molecular flexibility index (Phi) is 6.96. The zero-order valence-corrected chi connectivity index (χ0v) is 16.1. The van der Waals surface area contributed by atoms with Gasteiger partial charge in [0.2, 0.25) is 11.8 Å². The third kappa shape index (κ3) is 5.45. The van der Waals surface area contributed by atoms with Crippen molar-refractivity contribution in [1.29, 1.82) is 0 Å². The van der Waals surface area contributed by atoms with E-state index in [4.69, 9.17) is 0 Å². The van der Waals surface area contributed by atoms with Crippen LogP contribution < -0.4 is 5.32 Å². The summed E-state index contributed by atoms with van der Waals surface area (Å²) >= 11 is 0. The molecule has 0 aromatic heterocycles. The highest BCUT2D eigenvalue weighted by molar-refractivity contribution is 5.88. The van der Waals surface area contributed by atoms with Crippen LogP contribution in [0.1, 0.15) is 36.1 Å². The smallest absolute Gasteiger partial charge is 0.242 e. The molecule has 4 nitrogen and oxygen atoms in total. The van der Waals surface area contributed by atoms with Crippen molar-refractivity contribution in [3.8, 4) is 0 Å². The fourth-order valence-corrected chi connectivity index (χ4v) is 3.13. The van der Waals surface area contributed by atoms with E-state index >= 15 is 0 Å². The zero-order chi connectivity index (χ0) is 19.1. The molecule has 0 fully saturated rings.